The molecule has 0 aromatic heterocycles. The zero-order valence-electron chi connectivity index (χ0n) is 24.5. The lowest BCUT2D eigenvalue weighted by Crippen LogP contribution is -2.37. The van der Waals surface area contributed by atoms with E-state index in [-0.39, 0.29) is 19.8 Å². The summed E-state index contributed by atoms with van der Waals surface area (Å²) in [5.74, 6) is 0. The van der Waals surface area contributed by atoms with E-state index in [0.717, 1.165) is 19.3 Å². The lowest BCUT2D eigenvalue weighted by molar-refractivity contribution is -0.870. The monoisotopic (exact) mass is 548 g/mol. The van der Waals surface area contributed by atoms with Crippen LogP contribution >= 0.6 is 7.82 Å². The molecule has 0 heterocycles. The quantitative estimate of drug-likeness (QED) is 0.0474. The van der Waals surface area contributed by atoms with Crippen molar-refractivity contribution in [2.24, 2.45) is 0 Å². The minimum Gasteiger partial charge on any atom is -0.375 e. The second-order valence-electron chi connectivity index (χ2n) is 10.9. The average molecular weight is 549 g/mol. The van der Waals surface area contributed by atoms with E-state index in [2.05, 4.69) is 25.7 Å². The fourth-order valence-corrected chi connectivity index (χ4v) is 4.41. The van der Waals surface area contributed by atoms with Crippen molar-refractivity contribution in [2.75, 3.05) is 60.7 Å². The molecule has 0 amide bonds. The summed E-state index contributed by atoms with van der Waals surface area (Å²) in [6.07, 6.45) is 23.7. The van der Waals surface area contributed by atoms with Crippen LogP contribution in [0, 0.1) is 0 Å². The number of hydrogen-bond acceptors (Lipinski definition) is 5. The van der Waals surface area contributed by atoms with Crippen molar-refractivity contribution in [1.82, 2.24) is 0 Å². The van der Waals surface area contributed by atoms with E-state index in [9.17, 15) is 9.46 Å². The van der Waals surface area contributed by atoms with Crippen molar-refractivity contribution >= 4 is 7.82 Å². The molecule has 0 aromatic carbocycles. The Morgan fingerprint density at radius 3 is 1.95 bits per heavy atom. The largest absolute Gasteiger partial charge is 0.472 e. The van der Waals surface area contributed by atoms with Crippen LogP contribution in [0.3, 0.4) is 0 Å². The number of phosphoric ester groups is 1. The first-order valence-electron chi connectivity index (χ1n) is 14.6. The molecule has 0 rings (SSSR count). The molecule has 0 aliphatic carbocycles. The summed E-state index contributed by atoms with van der Waals surface area (Å²) in [5.41, 5.74) is 0. The summed E-state index contributed by atoms with van der Waals surface area (Å²) >= 11 is 0. The Morgan fingerprint density at radius 2 is 1.38 bits per heavy atom. The molecule has 0 spiro atoms. The van der Waals surface area contributed by atoms with Gasteiger partial charge >= 0.3 is 7.82 Å². The molecule has 220 valence electrons. The van der Waals surface area contributed by atoms with E-state index in [1.54, 1.807) is 6.08 Å². The predicted molar refractivity (Wildman–Crippen MR) is 155 cm³/mol. The number of nitrogens with zero attached hydrogens (tertiary/aromatic N) is 1. The number of unbranched alkanes of at least 4 members (excludes halogenated alkanes) is 12. The fourth-order valence-electron chi connectivity index (χ4n) is 3.67. The standard InChI is InChI=1S/C29H58NO6P/c1-6-8-9-10-11-12-13-14-15-16-17-18-19-20-21-22-25-34-29(27-33-24-7-2)28-36-37(31,32)35-26-23-30(3,4)5/h7,16-17,29H,2,6,8-15,18-28H2,1,3-5H3/p+1/b17-16-/t29-/m0/s1. The minimum absolute atomic E-state index is 0.0566. The first kappa shape index (κ1) is 36.5. The third-order valence-electron chi connectivity index (χ3n) is 5.99. The van der Waals surface area contributed by atoms with Gasteiger partial charge in [0.25, 0.3) is 0 Å². The van der Waals surface area contributed by atoms with E-state index >= 15 is 0 Å². The van der Waals surface area contributed by atoms with Gasteiger partial charge in [-0.1, -0.05) is 82.9 Å². The van der Waals surface area contributed by atoms with Crippen LogP contribution in [0.5, 0.6) is 0 Å². The Morgan fingerprint density at radius 1 is 0.811 bits per heavy atom. The molecule has 0 aliphatic rings. The third-order valence-corrected chi connectivity index (χ3v) is 6.97. The molecule has 1 unspecified atom stereocenters. The van der Waals surface area contributed by atoms with Crippen molar-refractivity contribution in [3.63, 3.8) is 0 Å². The summed E-state index contributed by atoms with van der Waals surface area (Å²) in [5, 5.41) is 0. The van der Waals surface area contributed by atoms with Gasteiger partial charge in [-0.05, 0) is 32.1 Å². The zero-order valence-corrected chi connectivity index (χ0v) is 25.4. The maximum absolute atomic E-state index is 12.2. The number of likely N-dealkylation sites (N-methyl/N-ethyl adjacent to an activating group) is 1. The van der Waals surface area contributed by atoms with Gasteiger partial charge in [0.05, 0.1) is 41.0 Å². The second-order valence-corrected chi connectivity index (χ2v) is 12.3. The maximum atomic E-state index is 12.2. The van der Waals surface area contributed by atoms with Crippen LogP contribution in [0.25, 0.3) is 0 Å². The molecule has 0 aliphatic heterocycles. The van der Waals surface area contributed by atoms with Crippen LogP contribution in [0.2, 0.25) is 0 Å². The van der Waals surface area contributed by atoms with Gasteiger partial charge in [-0.25, -0.2) is 4.57 Å². The number of ether oxygens (including phenoxy) is 2. The number of quaternary nitrogens is 1. The van der Waals surface area contributed by atoms with Gasteiger partial charge in [0.1, 0.15) is 19.3 Å². The Hall–Kier alpha value is -0.530. The summed E-state index contributed by atoms with van der Waals surface area (Å²) in [4.78, 5) is 9.94. The van der Waals surface area contributed by atoms with Gasteiger partial charge in [0.2, 0.25) is 0 Å². The van der Waals surface area contributed by atoms with Crippen molar-refractivity contribution in [2.45, 2.75) is 103 Å². The summed E-state index contributed by atoms with van der Waals surface area (Å²) in [6, 6.07) is 0. The van der Waals surface area contributed by atoms with Crippen LogP contribution in [0.4, 0.5) is 0 Å². The Balaban J connectivity index is 3.88. The van der Waals surface area contributed by atoms with Crippen molar-refractivity contribution in [3.05, 3.63) is 24.8 Å². The summed E-state index contributed by atoms with van der Waals surface area (Å²) in [7, 11) is 1.85. The maximum Gasteiger partial charge on any atom is 0.472 e. The Bertz CT molecular complexity index is 593. The predicted octanol–water partition coefficient (Wildman–Crippen LogP) is 7.45. The van der Waals surface area contributed by atoms with Gasteiger partial charge in [-0.2, -0.15) is 0 Å². The molecule has 2 atom stereocenters. The molecule has 0 bridgehead atoms. The second kappa shape index (κ2) is 24.5. The van der Waals surface area contributed by atoms with Crippen LogP contribution in [-0.4, -0.2) is 76.2 Å². The fraction of sp³-hybridized carbons (Fsp3) is 0.862. The molecule has 37 heavy (non-hydrogen) atoms. The smallest absolute Gasteiger partial charge is 0.375 e. The first-order chi connectivity index (χ1) is 17.7. The van der Waals surface area contributed by atoms with Crippen molar-refractivity contribution < 1.29 is 32.5 Å². The normalized spacial score (nSPS) is 14.7. The highest BCUT2D eigenvalue weighted by atomic mass is 31.2. The van der Waals surface area contributed by atoms with E-state index in [0.29, 0.717) is 24.2 Å². The minimum atomic E-state index is -4.12. The van der Waals surface area contributed by atoms with Gasteiger partial charge in [-0.3, -0.25) is 9.05 Å². The first-order valence-corrected chi connectivity index (χ1v) is 16.1. The zero-order chi connectivity index (χ0) is 27.7. The molecule has 8 heteroatoms. The van der Waals surface area contributed by atoms with Crippen LogP contribution in [0.15, 0.2) is 24.8 Å². The Kier molecular flexibility index (Phi) is 24.2. The number of phosphoric acid groups is 1. The average Bonchev–Trinajstić information content (AvgIpc) is 2.83. The van der Waals surface area contributed by atoms with Crippen LogP contribution < -0.4 is 0 Å². The highest BCUT2D eigenvalue weighted by Crippen LogP contribution is 2.43. The van der Waals surface area contributed by atoms with Crippen molar-refractivity contribution in [3.8, 4) is 0 Å². The van der Waals surface area contributed by atoms with Gasteiger partial charge in [-0.15, -0.1) is 6.58 Å². The SMILES string of the molecule is C=CCOC[C@@H](COP(=O)(O)OCC[N+](C)(C)C)OCCCCCC/C=C\CCCCCCCCCC. The molecular formula is C29H59NO6P+. The molecule has 1 N–H and O–H groups in total. The molecule has 0 fully saturated rings. The van der Waals surface area contributed by atoms with Crippen molar-refractivity contribution in [1.29, 1.82) is 0 Å². The molecule has 0 aromatic rings. The highest BCUT2D eigenvalue weighted by molar-refractivity contribution is 7.47. The topological polar surface area (TPSA) is 74.2 Å². The molecular weight excluding hydrogens is 489 g/mol. The van der Waals surface area contributed by atoms with Gasteiger partial charge in [0.15, 0.2) is 0 Å². The van der Waals surface area contributed by atoms with Gasteiger partial charge < -0.3 is 18.9 Å². The van der Waals surface area contributed by atoms with Gasteiger partial charge in [0, 0.05) is 6.61 Å². The van der Waals surface area contributed by atoms with E-state index in [4.69, 9.17) is 18.5 Å². The number of hydrogen-bond donors (Lipinski definition) is 1. The Labute approximate surface area is 228 Å². The lowest BCUT2D eigenvalue weighted by Gasteiger charge is -2.24. The van der Waals surface area contributed by atoms with Crippen LogP contribution in [0.1, 0.15) is 96.8 Å². The molecule has 0 saturated carbocycles. The molecule has 7 nitrogen and oxygen atoms in total. The van der Waals surface area contributed by atoms with E-state index < -0.39 is 13.9 Å². The van der Waals surface area contributed by atoms with E-state index in [1.807, 2.05) is 21.1 Å². The molecule has 0 saturated heterocycles. The van der Waals surface area contributed by atoms with E-state index in [1.165, 1.54) is 70.6 Å². The number of allylic oxidation sites excluding steroid dienone is 2. The summed E-state index contributed by atoms with van der Waals surface area (Å²) in [6.45, 7) is 7.83. The highest BCUT2D eigenvalue weighted by Gasteiger charge is 2.25. The lowest BCUT2D eigenvalue weighted by atomic mass is 10.1. The summed E-state index contributed by atoms with van der Waals surface area (Å²) < 4.78 is 34.4. The van der Waals surface area contributed by atoms with Crippen LogP contribution in [-0.2, 0) is 23.1 Å². The third kappa shape index (κ3) is 28.3. The molecule has 0 radical (unpaired) electrons. The number of rotatable bonds is 28.